The molecule has 0 aromatic heterocycles. The molecule has 1 atom stereocenters. The summed E-state index contributed by atoms with van der Waals surface area (Å²) in [5, 5.41) is 0. The van der Waals surface area contributed by atoms with Crippen molar-refractivity contribution in [3.63, 3.8) is 0 Å². The van der Waals surface area contributed by atoms with Gasteiger partial charge in [-0.2, -0.15) is 0 Å². The number of nitrogens with zero attached hydrogens (tertiary/aromatic N) is 1. The van der Waals surface area contributed by atoms with Crippen LogP contribution in [0.5, 0.6) is 0 Å². The van der Waals surface area contributed by atoms with Crippen LogP contribution in [0.15, 0.2) is 24.3 Å². The summed E-state index contributed by atoms with van der Waals surface area (Å²) >= 11 is 0. The molecule has 3 nitrogen and oxygen atoms in total. The minimum Gasteiger partial charge on any atom is -0.469 e. The summed E-state index contributed by atoms with van der Waals surface area (Å²) in [4.78, 5) is 14.5. The number of esters is 1. The number of carbonyl (C=O) groups excluding carboxylic acids is 1. The maximum atomic E-state index is 12.1. The smallest absolute Gasteiger partial charge is 0.314 e. The lowest BCUT2D eigenvalue weighted by Crippen LogP contribution is -2.33. The second kappa shape index (κ2) is 7.44. The summed E-state index contributed by atoms with van der Waals surface area (Å²) in [5.41, 5.74) is 2.26. The molecule has 0 amide bonds. The van der Waals surface area contributed by atoms with Gasteiger partial charge in [0.25, 0.3) is 0 Å². The standard InChI is InChI=1S/C17H25NO2/c1-14-8-7-9-15(12-14)16(17(19)20-2)13-18-10-5-3-4-6-11-18/h7-9,12,16H,3-6,10-11,13H2,1-2H3. The molecule has 1 fully saturated rings. The first-order chi connectivity index (χ1) is 9.70. The minimum absolute atomic E-state index is 0.125. The number of aryl methyl sites for hydroxylation is 1. The van der Waals surface area contributed by atoms with E-state index in [-0.39, 0.29) is 11.9 Å². The van der Waals surface area contributed by atoms with Crippen LogP contribution >= 0.6 is 0 Å². The molecule has 0 N–H and O–H groups in total. The Kier molecular flexibility index (Phi) is 5.60. The first kappa shape index (κ1) is 15.0. The van der Waals surface area contributed by atoms with Gasteiger partial charge < -0.3 is 9.64 Å². The molecule has 110 valence electrons. The van der Waals surface area contributed by atoms with Crippen molar-refractivity contribution >= 4 is 5.97 Å². The number of likely N-dealkylation sites (tertiary alicyclic amines) is 1. The lowest BCUT2D eigenvalue weighted by molar-refractivity contribution is -0.143. The molecule has 1 aliphatic rings. The Morgan fingerprint density at radius 3 is 2.55 bits per heavy atom. The average molecular weight is 275 g/mol. The van der Waals surface area contributed by atoms with E-state index >= 15 is 0 Å². The zero-order valence-corrected chi connectivity index (χ0v) is 12.6. The fourth-order valence-corrected chi connectivity index (χ4v) is 2.92. The monoisotopic (exact) mass is 275 g/mol. The third kappa shape index (κ3) is 4.07. The van der Waals surface area contributed by atoms with Crippen LogP contribution in [0, 0.1) is 6.92 Å². The average Bonchev–Trinajstić information content (AvgIpc) is 2.72. The molecular weight excluding hydrogens is 250 g/mol. The van der Waals surface area contributed by atoms with Crippen LogP contribution in [0.25, 0.3) is 0 Å². The molecule has 3 heteroatoms. The molecule has 20 heavy (non-hydrogen) atoms. The molecule has 1 aromatic carbocycles. The fourth-order valence-electron chi connectivity index (χ4n) is 2.92. The van der Waals surface area contributed by atoms with Gasteiger partial charge in [-0.25, -0.2) is 0 Å². The Hall–Kier alpha value is -1.35. The summed E-state index contributed by atoms with van der Waals surface area (Å²) < 4.78 is 5.01. The Labute approximate surface area is 121 Å². The molecule has 0 radical (unpaired) electrons. The van der Waals surface area contributed by atoms with Gasteiger partial charge in [-0.1, -0.05) is 42.7 Å². The zero-order valence-electron chi connectivity index (χ0n) is 12.6. The number of hydrogen-bond acceptors (Lipinski definition) is 3. The highest BCUT2D eigenvalue weighted by atomic mass is 16.5. The van der Waals surface area contributed by atoms with Gasteiger partial charge in [-0.05, 0) is 38.4 Å². The molecule has 1 aliphatic heterocycles. The highest BCUT2D eigenvalue weighted by Gasteiger charge is 2.24. The number of benzene rings is 1. The van der Waals surface area contributed by atoms with Gasteiger partial charge in [-0.3, -0.25) is 4.79 Å². The topological polar surface area (TPSA) is 29.5 Å². The quantitative estimate of drug-likeness (QED) is 0.791. The lowest BCUT2D eigenvalue weighted by atomic mass is 9.97. The summed E-state index contributed by atoms with van der Waals surface area (Å²) in [6.45, 7) is 5.03. The second-order valence-electron chi connectivity index (χ2n) is 5.70. The first-order valence-electron chi connectivity index (χ1n) is 7.57. The van der Waals surface area contributed by atoms with Crippen LogP contribution in [0.4, 0.5) is 0 Å². The van der Waals surface area contributed by atoms with Crippen molar-refractivity contribution in [2.45, 2.75) is 38.5 Å². The molecular formula is C17H25NO2. The van der Waals surface area contributed by atoms with Gasteiger partial charge in [0.05, 0.1) is 13.0 Å². The molecule has 0 spiro atoms. The van der Waals surface area contributed by atoms with Crippen molar-refractivity contribution in [2.75, 3.05) is 26.7 Å². The zero-order chi connectivity index (χ0) is 14.4. The predicted molar refractivity (Wildman–Crippen MR) is 80.8 cm³/mol. The molecule has 2 rings (SSSR count). The van der Waals surface area contributed by atoms with E-state index in [1.165, 1.54) is 38.4 Å². The molecule has 1 heterocycles. The van der Waals surface area contributed by atoms with Crippen LogP contribution in [-0.2, 0) is 9.53 Å². The molecule has 0 bridgehead atoms. The van der Waals surface area contributed by atoms with Gasteiger partial charge in [0.2, 0.25) is 0 Å². The van der Waals surface area contributed by atoms with Crippen LogP contribution in [-0.4, -0.2) is 37.6 Å². The van der Waals surface area contributed by atoms with Crippen molar-refractivity contribution in [2.24, 2.45) is 0 Å². The SMILES string of the molecule is COC(=O)C(CN1CCCCCC1)c1cccc(C)c1. The molecule has 1 aromatic rings. The van der Waals surface area contributed by atoms with Crippen molar-refractivity contribution in [1.82, 2.24) is 4.90 Å². The van der Waals surface area contributed by atoms with Crippen molar-refractivity contribution < 1.29 is 9.53 Å². The third-order valence-electron chi connectivity index (χ3n) is 4.07. The van der Waals surface area contributed by atoms with E-state index in [0.717, 1.165) is 25.2 Å². The number of rotatable bonds is 4. The third-order valence-corrected chi connectivity index (χ3v) is 4.07. The van der Waals surface area contributed by atoms with Gasteiger partial charge in [0.1, 0.15) is 0 Å². The number of methoxy groups -OCH3 is 1. The van der Waals surface area contributed by atoms with Crippen molar-refractivity contribution in [1.29, 1.82) is 0 Å². The number of ether oxygens (including phenoxy) is 1. The molecule has 1 unspecified atom stereocenters. The second-order valence-corrected chi connectivity index (χ2v) is 5.70. The summed E-state index contributed by atoms with van der Waals surface area (Å²) in [5.74, 6) is -0.294. The Morgan fingerprint density at radius 1 is 1.25 bits per heavy atom. The maximum absolute atomic E-state index is 12.1. The molecule has 0 saturated carbocycles. The molecule has 0 aliphatic carbocycles. The Balaban J connectivity index is 2.12. The van der Waals surface area contributed by atoms with E-state index in [9.17, 15) is 4.79 Å². The number of hydrogen-bond donors (Lipinski definition) is 0. The Morgan fingerprint density at radius 2 is 1.95 bits per heavy atom. The van der Waals surface area contributed by atoms with Gasteiger partial charge in [0, 0.05) is 6.54 Å². The summed E-state index contributed by atoms with van der Waals surface area (Å²) in [6, 6.07) is 8.21. The fraction of sp³-hybridized carbons (Fsp3) is 0.588. The van der Waals surface area contributed by atoms with Crippen molar-refractivity contribution in [3.8, 4) is 0 Å². The largest absolute Gasteiger partial charge is 0.469 e. The maximum Gasteiger partial charge on any atom is 0.314 e. The normalized spacial score (nSPS) is 18.3. The van der Waals surface area contributed by atoms with Crippen molar-refractivity contribution in [3.05, 3.63) is 35.4 Å². The summed E-state index contributed by atoms with van der Waals surface area (Å²) in [6.07, 6.45) is 5.09. The van der Waals surface area contributed by atoms with E-state index in [1.807, 2.05) is 12.1 Å². The lowest BCUT2D eigenvalue weighted by Gasteiger charge is -2.25. The van der Waals surface area contributed by atoms with Gasteiger partial charge in [0.15, 0.2) is 0 Å². The highest BCUT2D eigenvalue weighted by Crippen LogP contribution is 2.22. The predicted octanol–water partition coefficient (Wildman–Crippen LogP) is 3.13. The van der Waals surface area contributed by atoms with Gasteiger partial charge >= 0.3 is 5.97 Å². The van der Waals surface area contributed by atoms with E-state index < -0.39 is 0 Å². The minimum atomic E-state index is -0.169. The molecule has 1 saturated heterocycles. The van der Waals surface area contributed by atoms with Crippen LogP contribution in [0.2, 0.25) is 0 Å². The van der Waals surface area contributed by atoms with Crippen LogP contribution in [0.3, 0.4) is 0 Å². The number of carbonyl (C=O) groups is 1. The Bertz CT molecular complexity index is 436. The van der Waals surface area contributed by atoms with E-state index in [1.54, 1.807) is 0 Å². The summed E-state index contributed by atoms with van der Waals surface area (Å²) in [7, 11) is 1.48. The van der Waals surface area contributed by atoms with Crippen LogP contribution < -0.4 is 0 Å². The van der Waals surface area contributed by atoms with Crippen LogP contribution in [0.1, 0.15) is 42.7 Å². The first-order valence-corrected chi connectivity index (χ1v) is 7.57. The van der Waals surface area contributed by atoms with Gasteiger partial charge in [-0.15, -0.1) is 0 Å². The van der Waals surface area contributed by atoms with E-state index in [0.29, 0.717) is 0 Å². The van der Waals surface area contributed by atoms with E-state index in [4.69, 9.17) is 4.74 Å². The van der Waals surface area contributed by atoms with E-state index in [2.05, 4.69) is 24.0 Å². The highest BCUT2D eigenvalue weighted by molar-refractivity contribution is 5.78.